The van der Waals surface area contributed by atoms with E-state index in [0.717, 1.165) is 43.5 Å². The van der Waals surface area contributed by atoms with E-state index in [2.05, 4.69) is 34.0 Å². The Labute approximate surface area is 211 Å². The first-order valence-corrected chi connectivity index (χ1v) is 12.4. The van der Waals surface area contributed by atoms with Crippen LogP contribution in [0.2, 0.25) is 5.15 Å². The molecule has 1 aliphatic heterocycles. The fourth-order valence-corrected chi connectivity index (χ4v) is 5.80. The van der Waals surface area contributed by atoms with Crippen LogP contribution in [0.1, 0.15) is 52.6 Å². The maximum atomic E-state index is 12.2. The van der Waals surface area contributed by atoms with Crippen molar-refractivity contribution >= 4 is 34.6 Å². The van der Waals surface area contributed by atoms with E-state index >= 15 is 0 Å². The van der Waals surface area contributed by atoms with Gasteiger partial charge in [-0.2, -0.15) is 0 Å². The highest BCUT2D eigenvalue weighted by Crippen LogP contribution is 2.41. The zero-order chi connectivity index (χ0) is 24.9. The number of hydrogen-bond donors (Lipinski definition) is 1. The Morgan fingerprint density at radius 2 is 1.86 bits per heavy atom. The summed E-state index contributed by atoms with van der Waals surface area (Å²) in [5.74, 6) is -0.367. The van der Waals surface area contributed by atoms with E-state index in [4.69, 9.17) is 16.6 Å². The Bertz CT molecular complexity index is 1470. The smallest absolute Gasteiger partial charge is 0.309 e. The molecule has 0 spiro atoms. The van der Waals surface area contributed by atoms with Gasteiger partial charge < -0.3 is 5.11 Å². The minimum Gasteiger partial charge on any atom is -0.481 e. The fraction of sp³-hybridized carbons (Fsp3) is 0.280. The van der Waals surface area contributed by atoms with E-state index in [1.54, 1.807) is 17.4 Å². The highest BCUT2D eigenvalue weighted by atomic mass is 35.5. The molecule has 10 heteroatoms. The molecule has 1 unspecified atom stereocenters. The summed E-state index contributed by atoms with van der Waals surface area (Å²) < 4.78 is 1.98. The molecule has 4 heterocycles. The maximum Gasteiger partial charge on any atom is 0.309 e. The Hall–Kier alpha value is -3.43. The van der Waals surface area contributed by atoms with Crippen molar-refractivity contribution in [1.29, 1.82) is 0 Å². The predicted octanol–water partition coefficient (Wildman–Crippen LogP) is 5.37. The number of hydrogen-bond acceptors (Lipinski definition) is 7. The molecule has 0 fully saturated rings. The Morgan fingerprint density at radius 1 is 1.14 bits per heavy atom. The highest BCUT2D eigenvalue weighted by Gasteiger charge is 2.37. The van der Waals surface area contributed by atoms with Gasteiger partial charge in [-0.1, -0.05) is 42.8 Å². The van der Waals surface area contributed by atoms with Crippen LogP contribution in [0.5, 0.6) is 0 Å². The number of aliphatic carboxylic acids is 1. The number of carboxylic acids is 1. The van der Waals surface area contributed by atoms with Crippen molar-refractivity contribution in [2.75, 3.05) is 0 Å². The third kappa shape index (κ3) is 3.94. The third-order valence-corrected chi connectivity index (χ3v) is 7.81. The Kier molecular flexibility index (Phi) is 5.98. The first kappa shape index (κ1) is 23.3. The van der Waals surface area contributed by atoms with Crippen LogP contribution in [0.3, 0.4) is 0 Å². The molecule has 0 radical (unpaired) electrons. The first-order chi connectivity index (χ1) is 16.8. The highest BCUT2D eigenvalue weighted by molar-refractivity contribution is 7.15. The summed E-state index contributed by atoms with van der Waals surface area (Å²) in [6, 6.07) is 8.94. The number of carboxylic acid groups (broad SMARTS) is 1. The summed E-state index contributed by atoms with van der Waals surface area (Å²) >= 11 is 7.69. The lowest BCUT2D eigenvalue weighted by Gasteiger charge is -2.18. The van der Waals surface area contributed by atoms with Gasteiger partial charge in [0.05, 0.1) is 17.3 Å². The van der Waals surface area contributed by atoms with Crippen molar-refractivity contribution in [3.05, 3.63) is 75.0 Å². The summed E-state index contributed by atoms with van der Waals surface area (Å²) in [4.78, 5) is 26.7. The summed E-state index contributed by atoms with van der Waals surface area (Å²) in [6.07, 6.45) is 1.85. The van der Waals surface area contributed by atoms with Gasteiger partial charge in [-0.3, -0.25) is 14.4 Å². The van der Waals surface area contributed by atoms with Crippen LogP contribution in [0.4, 0.5) is 0 Å². The molecule has 178 valence electrons. The van der Waals surface area contributed by atoms with Gasteiger partial charge in [0, 0.05) is 27.6 Å². The zero-order valence-corrected chi connectivity index (χ0v) is 21.2. The van der Waals surface area contributed by atoms with Gasteiger partial charge in [0.1, 0.15) is 28.3 Å². The molecule has 0 bridgehead atoms. The van der Waals surface area contributed by atoms with Crippen molar-refractivity contribution in [2.45, 2.75) is 40.2 Å². The van der Waals surface area contributed by atoms with Crippen LogP contribution in [-0.4, -0.2) is 41.5 Å². The Morgan fingerprint density at radius 3 is 2.51 bits per heavy atom. The van der Waals surface area contributed by atoms with Gasteiger partial charge in [-0.25, -0.2) is 9.97 Å². The van der Waals surface area contributed by atoms with Crippen LogP contribution in [0.15, 0.2) is 41.7 Å². The van der Waals surface area contributed by atoms with Gasteiger partial charge in [0.25, 0.3) is 0 Å². The standard InChI is InChI=1S/C25H23ClN6O2S/c1-5-17(25(33)34)22-23-31-30-14(4)32(23)24-20(12(2)13(3)35-24)21(29-22)16-8-6-15(7-9-16)18-10-19(26)28-11-27-18/h6-11,17,22H,5H2,1-4H3,(H,33,34)/t17?,22-/m0/s1. The molecule has 0 amide bonds. The molecule has 0 saturated carbocycles. The van der Waals surface area contributed by atoms with E-state index in [-0.39, 0.29) is 0 Å². The van der Waals surface area contributed by atoms with Gasteiger partial charge in [-0.05, 0) is 32.8 Å². The number of carbonyl (C=O) groups is 1. The summed E-state index contributed by atoms with van der Waals surface area (Å²) in [7, 11) is 0. The molecule has 1 N–H and O–H groups in total. The van der Waals surface area contributed by atoms with Crippen LogP contribution in [0, 0.1) is 26.7 Å². The second-order valence-electron chi connectivity index (χ2n) is 8.48. The normalized spacial score (nSPS) is 15.7. The first-order valence-electron chi connectivity index (χ1n) is 11.2. The maximum absolute atomic E-state index is 12.2. The molecular formula is C25H23ClN6O2S. The number of benzene rings is 1. The number of thiophene rings is 1. The van der Waals surface area contributed by atoms with Gasteiger partial charge in [-0.15, -0.1) is 21.5 Å². The van der Waals surface area contributed by atoms with Gasteiger partial charge in [0.15, 0.2) is 5.82 Å². The summed E-state index contributed by atoms with van der Waals surface area (Å²) in [6.45, 7) is 7.90. The second kappa shape index (κ2) is 8.98. The minimum absolute atomic E-state index is 0.377. The number of aliphatic imine (C=N–C) groups is 1. The molecule has 35 heavy (non-hydrogen) atoms. The average molecular weight is 507 g/mol. The van der Waals surface area contributed by atoms with E-state index in [1.807, 2.05) is 42.7 Å². The molecule has 3 aromatic heterocycles. The lowest BCUT2D eigenvalue weighted by Crippen LogP contribution is -2.23. The SMILES string of the molecule is CCC(C(=O)O)[C@@H]1N=C(c2ccc(-c3cc(Cl)ncn3)cc2)c2c(sc(C)c2C)-n2c(C)nnc21. The molecule has 5 rings (SSSR count). The molecule has 0 saturated heterocycles. The van der Waals surface area contributed by atoms with Crippen LogP contribution >= 0.6 is 22.9 Å². The molecule has 1 aliphatic rings. The van der Waals surface area contributed by atoms with E-state index < -0.39 is 17.9 Å². The number of rotatable bonds is 5. The lowest BCUT2D eigenvalue weighted by molar-refractivity contribution is -0.142. The van der Waals surface area contributed by atoms with Crippen molar-refractivity contribution in [2.24, 2.45) is 10.9 Å². The van der Waals surface area contributed by atoms with E-state index in [1.165, 1.54) is 6.33 Å². The molecule has 2 atom stereocenters. The van der Waals surface area contributed by atoms with Crippen molar-refractivity contribution < 1.29 is 9.90 Å². The molecule has 0 aliphatic carbocycles. The van der Waals surface area contributed by atoms with E-state index in [0.29, 0.717) is 23.2 Å². The van der Waals surface area contributed by atoms with Crippen LogP contribution in [0.25, 0.3) is 16.3 Å². The predicted molar refractivity (Wildman–Crippen MR) is 136 cm³/mol. The van der Waals surface area contributed by atoms with Crippen molar-refractivity contribution in [1.82, 2.24) is 24.7 Å². The minimum atomic E-state index is -0.901. The lowest BCUT2D eigenvalue weighted by atomic mass is 9.95. The van der Waals surface area contributed by atoms with Crippen LogP contribution < -0.4 is 0 Å². The molecule has 1 aromatic carbocycles. The Balaban J connectivity index is 1.72. The number of fused-ring (bicyclic) bond motifs is 3. The second-order valence-corrected chi connectivity index (χ2v) is 10.1. The number of nitrogens with zero attached hydrogens (tertiary/aromatic N) is 6. The van der Waals surface area contributed by atoms with Gasteiger partial charge >= 0.3 is 5.97 Å². The van der Waals surface area contributed by atoms with Gasteiger partial charge in [0.2, 0.25) is 0 Å². The monoisotopic (exact) mass is 506 g/mol. The topological polar surface area (TPSA) is 106 Å². The fourth-order valence-electron chi connectivity index (χ4n) is 4.44. The quantitative estimate of drug-likeness (QED) is 0.365. The van der Waals surface area contributed by atoms with Crippen molar-refractivity contribution in [3.8, 4) is 16.3 Å². The molecule has 4 aromatic rings. The summed E-state index contributed by atoms with van der Waals surface area (Å²) in [5, 5.41) is 20.0. The third-order valence-electron chi connectivity index (χ3n) is 6.42. The largest absolute Gasteiger partial charge is 0.481 e. The van der Waals surface area contributed by atoms with E-state index in [9.17, 15) is 9.90 Å². The molecular weight excluding hydrogens is 484 g/mol. The van der Waals surface area contributed by atoms with Crippen molar-refractivity contribution in [3.63, 3.8) is 0 Å². The number of aryl methyl sites for hydroxylation is 2. The number of aromatic nitrogens is 5. The number of halogens is 1. The average Bonchev–Trinajstić information content (AvgIpc) is 3.31. The zero-order valence-electron chi connectivity index (χ0n) is 19.7. The molecule has 8 nitrogen and oxygen atoms in total. The summed E-state index contributed by atoms with van der Waals surface area (Å²) in [5.41, 5.74) is 5.35. The van der Waals surface area contributed by atoms with Crippen LogP contribution in [-0.2, 0) is 4.79 Å².